The Bertz CT molecular complexity index is 528. The average molecular weight is 314 g/mol. The first-order valence-electron chi connectivity index (χ1n) is 8.44. The highest BCUT2D eigenvalue weighted by Gasteiger charge is 2.11. The van der Waals surface area contributed by atoms with Crippen molar-refractivity contribution in [3.8, 4) is 0 Å². The van der Waals surface area contributed by atoms with E-state index in [0.29, 0.717) is 6.54 Å². The molecule has 1 N–H and O–H groups in total. The maximum absolute atomic E-state index is 12.1. The summed E-state index contributed by atoms with van der Waals surface area (Å²) < 4.78 is 0. The topological polar surface area (TPSA) is 42.0 Å². The van der Waals surface area contributed by atoms with E-state index in [0.717, 1.165) is 31.2 Å². The van der Waals surface area contributed by atoms with Gasteiger partial charge in [-0.2, -0.15) is 0 Å². The van der Waals surface area contributed by atoms with Crippen LogP contribution in [0.25, 0.3) is 0 Å². The zero-order valence-electron chi connectivity index (χ0n) is 14.9. The zero-order valence-corrected chi connectivity index (χ0v) is 14.9. The van der Waals surface area contributed by atoms with Gasteiger partial charge in [-0.05, 0) is 58.1 Å². The van der Waals surface area contributed by atoms with E-state index in [9.17, 15) is 4.79 Å². The predicted octanol–water partition coefficient (Wildman–Crippen LogP) is 4.81. The molecule has 0 aliphatic rings. The predicted molar refractivity (Wildman–Crippen MR) is 96.9 cm³/mol. The second-order valence-electron chi connectivity index (χ2n) is 6.43. The largest absolute Gasteiger partial charge is 0.352 e. The molecule has 1 amide bonds. The number of carbonyl (C=O) groups is 1. The van der Waals surface area contributed by atoms with E-state index in [2.05, 4.69) is 43.2 Å². The van der Waals surface area contributed by atoms with Crippen molar-refractivity contribution in [2.45, 2.75) is 59.9 Å². The Morgan fingerprint density at radius 1 is 1.26 bits per heavy atom. The van der Waals surface area contributed by atoms with Gasteiger partial charge in [0.15, 0.2) is 0 Å². The summed E-state index contributed by atoms with van der Waals surface area (Å²) in [6.07, 6.45) is 12.1. The molecule has 1 rings (SSSR count). The highest BCUT2D eigenvalue weighted by atomic mass is 16.1. The van der Waals surface area contributed by atoms with Crippen LogP contribution in [0.4, 0.5) is 0 Å². The summed E-state index contributed by atoms with van der Waals surface area (Å²) >= 11 is 0. The van der Waals surface area contributed by atoms with Gasteiger partial charge in [-0.25, -0.2) is 0 Å². The normalized spacial score (nSPS) is 12.6. The number of allylic oxidation sites excluding steroid dienone is 4. The van der Waals surface area contributed by atoms with Crippen molar-refractivity contribution >= 4 is 5.91 Å². The summed E-state index contributed by atoms with van der Waals surface area (Å²) in [5, 5.41) is 2.98. The van der Waals surface area contributed by atoms with Crippen molar-refractivity contribution in [1.29, 1.82) is 0 Å². The van der Waals surface area contributed by atoms with Crippen LogP contribution < -0.4 is 5.32 Å². The van der Waals surface area contributed by atoms with Crippen LogP contribution in [0.3, 0.4) is 0 Å². The van der Waals surface area contributed by atoms with Crippen LogP contribution in [-0.4, -0.2) is 10.9 Å². The van der Waals surface area contributed by atoms with Crippen LogP contribution in [0.5, 0.6) is 0 Å². The Labute approximate surface area is 140 Å². The molecule has 3 heteroatoms. The number of hydrogen-bond donors (Lipinski definition) is 1. The number of nitrogens with one attached hydrogen (secondary N) is 1. The number of hydrogen-bond acceptors (Lipinski definition) is 2. The lowest BCUT2D eigenvalue weighted by atomic mass is 10.0. The molecular formula is C20H30N2O. The third kappa shape index (κ3) is 8.97. The summed E-state index contributed by atoms with van der Waals surface area (Å²) in [4.78, 5) is 16.1. The molecule has 23 heavy (non-hydrogen) atoms. The maximum Gasteiger partial charge on any atom is 0.223 e. The number of nitrogens with zero attached hydrogens (tertiary/aromatic N) is 1. The quantitative estimate of drug-likeness (QED) is 0.665. The van der Waals surface area contributed by atoms with Crippen LogP contribution >= 0.6 is 0 Å². The van der Waals surface area contributed by atoms with Crippen molar-refractivity contribution < 1.29 is 4.79 Å². The Hall–Kier alpha value is -1.90. The fourth-order valence-electron chi connectivity index (χ4n) is 2.27. The summed E-state index contributed by atoms with van der Waals surface area (Å²) in [6, 6.07) is 3.85. The van der Waals surface area contributed by atoms with Gasteiger partial charge in [0.2, 0.25) is 5.91 Å². The van der Waals surface area contributed by atoms with E-state index in [-0.39, 0.29) is 11.8 Å². The van der Waals surface area contributed by atoms with Gasteiger partial charge in [0, 0.05) is 24.9 Å². The first-order chi connectivity index (χ1) is 11.0. The van der Waals surface area contributed by atoms with Crippen LogP contribution in [0.2, 0.25) is 0 Å². The van der Waals surface area contributed by atoms with E-state index >= 15 is 0 Å². The third-order valence-corrected chi connectivity index (χ3v) is 3.82. The lowest BCUT2D eigenvalue weighted by Gasteiger charge is -2.11. The van der Waals surface area contributed by atoms with Crippen molar-refractivity contribution in [3.63, 3.8) is 0 Å². The fourth-order valence-corrected chi connectivity index (χ4v) is 2.27. The lowest BCUT2D eigenvalue weighted by Crippen LogP contribution is -2.28. The zero-order chi connectivity index (χ0) is 17.1. The second kappa shape index (κ2) is 10.8. The molecule has 1 atom stereocenters. The first kappa shape index (κ1) is 19.1. The smallest absolute Gasteiger partial charge is 0.223 e. The van der Waals surface area contributed by atoms with Crippen LogP contribution in [-0.2, 0) is 11.3 Å². The van der Waals surface area contributed by atoms with Crippen LogP contribution in [0.1, 0.15) is 58.9 Å². The molecule has 0 fully saturated rings. The number of rotatable bonds is 9. The highest BCUT2D eigenvalue weighted by Crippen LogP contribution is 2.12. The monoisotopic (exact) mass is 314 g/mol. The molecular weight excluding hydrogens is 284 g/mol. The first-order valence-corrected chi connectivity index (χ1v) is 8.44. The Morgan fingerprint density at radius 3 is 2.70 bits per heavy atom. The van der Waals surface area contributed by atoms with Gasteiger partial charge < -0.3 is 5.32 Å². The molecule has 126 valence electrons. The van der Waals surface area contributed by atoms with Crippen molar-refractivity contribution in [2.24, 2.45) is 5.92 Å². The van der Waals surface area contributed by atoms with E-state index in [1.54, 1.807) is 12.4 Å². The minimum Gasteiger partial charge on any atom is -0.352 e. The highest BCUT2D eigenvalue weighted by molar-refractivity contribution is 5.78. The van der Waals surface area contributed by atoms with Crippen LogP contribution in [0, 0.1) is 5.92 Å². The molecule has 1 aromatic rings. The molecule has 0 aromatic carbocycles. The number of pyridine rings is 1. The molecule has 1 heterocycles. The average Bonchev–Trinajstić information content (AvgIpc) is 2.53. The number of carbonyl (C=O) groups excluding carboxylic acids is 1. The minimum atomic E-state index is 0.0357. The lowest BCUT2D eigenvalue weighted by molar-refractivity contribution is -0.124. The van der Waals surface area contributed by atoms with Gasteiger partial charge in [-0.15, -0.1) is 0 Å². The van der Waals surface area contributed by atoms with Gasteiger partial charge in [-0.3, -0.25) is 9.78 Å². The molecule has 1 aromatic heterocycles. The van der Waals surface area contributed by atoms with E-state index < -0.39 is 0 Å². The standard InChI is InChI=1S/C20H30N2O/c1-16(2)8-5-9-17(3)10-6-11-18(4)20(23)22-15-19-12-7-13-21-14-19/h7-8,10,12-14,18H,5-6,9,11,15H2,1-4H3,(H,22,23)/b17-10+. The molecule has 0 bridgehead atoms. The van der Waals surface area contributed by atoms with Crippen molar-refractivity contribution in [3.05, 3.63) is 53.4 Å². The Morgan fingerprint density at radius 2 is 2.04 bits per heavy atom. The molecule has 0 spiro atoms. The summed E-state index contributed by atoms with van der Waals surface area (Å²) in [6.45, 7) is 8.97. The SMILES string of the molecule is CC(C)=CCC/C(C)=C/CCC(C)C(=O)NCc1cccnc1. The van der Waals surface area contributed by atoms with Crippen LogP contribution in [0.15, 0.2) is 47.8 Å². The third-order valence-electron chi connectivity index (χ3n) is 3.82. The molecule has 0 saturated carbocycles. The molecule has 1 unspecified atom stereocenters. The van der Waals surface area contributed by atoms with Gasteiger partial charge in [0.1, 0.15) is 0 Å². The van der Waals surface area contributed by atoms with Crippen molar-refractivity contribution in [2.75, 3.05) is 0 Å². The van der Waals surface area contributed by atoms with Crippen molar-refractivity contribution in [1.82, 2.24) is 10.3 Å². The van der Waals surface area contributed by atoms with Gasteiger partial charge >= 0.3 is 0 Å². The molecule has 0 aliphatic carbocycles. The summed E-state index contributed by atoms with van der Waals surface area (Å²) in [7, 11) is 0. The van der Waals surface area contributed by atoms with Gasteiger partial charge in [0.25, 0.3) is 0 Å². The molecule has 0 radical (unpaired) electrons. The molecule has 3 nitrogen and oxygen atoms in total. The fraction of sp³-hybridized carbons (Fsp3) is 0.500. The van der Waals surface area contributed by atoms with E-state index in [4.69, 9.17) is 0 Å². The molecule has 0 saturated heterocycles. The second-order valence-corrected chi connectivity index (χ2v) is 6.43. The molecule has 0 aliphatic heterocycles. The van der Waals surface area contributed by atoms with Gasteiger partial charge in [0.05, 0.1) is 0 Å². The van der Waals surface area contributed by atoms with Gasteiger partial charge in [-0.1, -0.05) is 36.3 Å². The Kier molecular flexibility index (Phi) is 8.96. The minimum absolute atomic E-state index is 0.0357. The number of amides is 1. The van der Waals surface area contributed by atoms with E-state index in [1.165, 1.54) is 11.1 Å². The van der Waals surface area contributed by atoms with E-state index in [1.807, 2.05) is 19.1 Å². The number of aromatic nitrogens is 1. The maximum atomic E-state index is 12.1. The summed E-state index contributed by atoms with van der Waals surface area (Å²) in [5.41, 5.74) is 3.81. The Balaban J connectivity index is 2.25. The summed E-state index contributed by atoms with van der Waals surface area (Å²) in [5.74, 6) is 0.151.